The lowest BCUT2D eigenvalue weighted by atomic mass is 10.3. The van der Waals surface area contributed by atoms with E-state index < -0.39 is 0 Å². The number of nitrogens with zero attached hydrogens (tertiary/aromatic N) is 2. The number of rotatable bonds is 3. The van der Waals surface area contributed by atoms with Crippen LogP contribution in [0.4, 0.5) is 0 Å². The number of benzene rings is 1. The van der Waals surface area contributed by atoms with Gasteiger partial charge in [0.15, 0.2) is 0 Å². The molecule has 2 aromatic rings. The molecule has 0 fully saturated rings. The van der Waals surface area contributed by atoms with Gasteiger partial charge in [-0.25, -0.2) is 10.4 Å². The molecule has 1 heterocycles. The first-order valence-corrected chi connectivity index (χ1v) is 5.54. The van der Waals surface area contributed by atoms with Gasteiger partial charge in [-0.15, -0.1) is 0 Å². The standard InChI is InChI=1S/C11H11BrN4/c1-7(16-13-2)11-6-14-9-4-3-8(12)5-10(9)15-11/h3-6,13,16H,1H2,2H3. The zero-order chi connectivity index (χ0) is 11.5. The third-order valence-electron chi connectivity index (χ3n) is 2.09. The average molecular weight is 279 g/mol. The molecule has 0 aliphatic carbocycles. The Labute approximate surface area is 102 Å². The maximum atomic E-state index is 4.46. The van der Waals surface area contributed by atoms with Gasteiger partial charge in [0, 0.05) is 11.5 Å². The Morgan fingerprint density at radius 1 is 1.38 bits per heavy atom. The summed E-state index contributed by atoms with van der Waals surface area (Å²) in [5, 5.41) is 0. The second-order valence-electron chi connectivity index (χ2n) is 3.24. The van der Waals surface area contributed by atoms with Crippen molar-refractivity contribution >= 4 is 32.7 Å². The van der Waals surface area contributed by atoms with Crippen LogP contribution in [0.25, 0.3) is 16.7 Å². The number of nitrogens with one attached hydrogen (secondary N) is 2. The molecular weight excluding hydrogens is 268 g/mol. The summed E-state index contributed by atoms with van der Waals surface area (Å²) >= 11 is 3.41. The first kappa shape index (κ1) is 11.0. The third-order valence-corrected chi connectivity index (χ3v) is 2.58. The highest BCUT2D eigenvalue weighted by atomic mass is 79.9. The Bertz CT molecular complexity index is 538. The third kappa shape index (κ3) is 2.20. The predicted octanol–water partition coefficient (Wildman–Crippen LogP) is 2.09. The minimum atomic E-state index is 0.692. The highest BCUT2D eigenvalue weighted by molar-refractivity contribution is 9.10. The Balaban J connectivity index is 2.46. The van der Waals surface area contributed by atoms with E-state index in [9.17, 15) is 0 Å². The van der Waals surface area contributed by atoms with E-state index in [1.807, 2.05) is 18.2 Å². The molecular formula is C11H11BrN4. The zero-order valence-corrected chi connectivity index (χ0v) is 10.4. The van der Waals surface area contributed by atoms with Crippen LogP contribution >= 0.6 is 15.9 Å². The van der Waals surface area contributed by atoms with Crippen molar-refractivity contribution in [2.45, 2.75) is 0 Å². The number of fused-ring (bicyclic) bond motifs is 1. The van der Waals surface area contributed by atoms with Crippen LogP contribution in [0.2, 0.25) is 0 Å². The van der Waals surface area contributed by atoms with Gasteiger partial charge in [-0.2, -0.15) is 0 Å². The molecule has 0 bridgehead atoms. The summed E-state index contributed by atoms with van der Waals surface area (Å²) < 4.78 is 0.985. The van der Waals surface area contributed by atoms with Gasteiger partial charge in [-0.1, -0.05) is 22.5 Å². The van der Waals surface area contributed by atoms with Gasteiger partial charge in [0.2, 0.25) is 0 Å². The molecule has 5 heteroatoms. The number of hydrogen-bond donors (Lipinski definition) is 2. The maximum Gasteiger partial charge on any atom is 0.106 e. The van der Waals surface area contributed by atoms with Crippen LogP contribution in [0.5, 0.6) is 0 Å². The molecule has 0 aliphatic rings. The van der Waals surface area contributed by atoms with E-state index in [0.717, 1.165) is 21.2 Å². The summed E-state index contributed by atoms with van der Waals surface area (Å²) in [7, 11) is 1.77. The Kier molecular flexibility index (Phi) is 3.17. The molecule has 0 spiro atoms. The van der Waals surface area contributed by atoms with Gasteiger partial charge >= 0.3 is 0 Å². The van der Waals surface area contributed by atoms with Gasteiger partial charge in [0.25, 0.3) is 0 Å². The lowest BCUT2D eigenvalue weighted by Gasteiger charge is -2.07. The van der Waals surface area contributed by atoms with E-state index >= 15 is 0 Å². The van der Waals surface area contributed by atoms with Gasteiger partial charge < -0.3 is 5.43 Å². The summed E-state index contributed by atoms with van der Waals surface area (Å²) in [6, 6.07) is 5.79. The molecule has 0 unspecified atom stereocenters. The normalized spacial score (nSPS) is 10.4. The van der Waals surface area contributed by atoms with Crippen molar-refractivity contribution in [1.82, 2.24) is 20.8 Å². The Hall–Kier alpha value is -1.46. The number of hydrogen-bond acceptors (Lipinski definition) is 4. The molecule has 0 amide bonds. The minimum Gasteiger partial charge on any atom is -0.320 e. The zero-order valence-electron chi connectivity index (χ0n) is 8.79. The van der Waals surface area contributed by atoms with Crippen molar-refractivity contribution in [3.63, 3.8) is 0 Å². The summed E-state index contributed by atoms with van der Waals surface area (Å²) in [5.74, 6) is 0. The van der Waals surface area contributed by atoms with Crippen LogP contribution in [0.3, 0.4) is 0 Å². The molecule has 0 radical (unpaired) electrons. The molecule has 4 nitrogen and oxygen atoms in total. The highest BCUT2D eigenvalue weighted by Crippen LogP contribution is 2.17. The lowest BCUT2D eigenvalue weighted by Crippen LogP contribution is -2.25. The summed E-state index contributed by atoms with van der Waals surface area (Å²) in [6.07, 6.45) is 1.70. The Morgan fingerprint density at radius 3 is 2.94 bits per heavy atom. The Morgan fingerprint density at radius 2 is 2.19 bits per heavy atom. The quantitative estimate of drug-likeness (QED) is 0.845. The predicted molar refractivity (Wildman–Crippen MR) is 68.5 cm³/mol. The van der Waals surface area contributed by atoms with Crippen molar-refractivity contribution in [2.24, 2.45) is 0 Å². The largest absolute Gasteiger partial charge is 0.320 e. The SMILES string of the molecule is C=C(NNC)c1cnc2ccc(Br)cc2n1. The van der Waals surface area contributed by atoms with Gasteiger partial charge in [-0.3, -0.25) is 4.98 Å². The number of halogens is 1. The van der Waals surface area contributed by atoms with E-state index in [1.54, 1.807) is 13.2 Å². The highest BCUT2D eigenvalue weighted by Gasteiger charge is 2.03. The summed E-state index contributed by atoms with van der Waals surface area (Å²) in [4.78, 5) is 8.77. The molecule has 82 valence electrons. The van der Waals surface area contributed by atoms with Crippen molar-refractivity contribution in [2.75, 3.05) is 7.05 Å². The molecule has 16 heavy (non-hydrogen) atoms. The topological polar surface area (TPSA) is 49.8 Å². The molecule has 0 saturated carbocycles. The van der Waals surface area contributed by atoms with Gasteiger partial charge in [-0.05, 0) is 18.2 Å². The van der Waals surface area contributed by atoms with Gasteiger partial charge in [0.05, 0.1) is 22.9 Å². The van der Waals surface area contributed by atoms with E-state index in [1.165, 1.54) is 0 Å². The molecule has 2 N–H and O–H groups in total. The summed E-state index contributed by atoms with van der Waals surface area (Å²) in [5.41, 5.74) is 8.80. The molecule has 1 aromatic heterocycles. The van der Waals surface area contributed by atoms with Crippen molar-refractivity contribution in [1.29, 1.82) is 0 Å². The minimum absolute atomic E-state index is 0.692. The average Bonchev–Trinajstić information content (AvgIpc) is 2.28. The summed E-state index contributed by atoms with van der Waals surface area (Å²) in [6.45, 7) is 3.86. The van der Waals surface area contributed by atoms with E-state index in [2.05, 4.69) is 43.3 Å². The molecule has 2 rings (SSSR count). The van der Waals surface area contributed by atoms with Crippen LogP contribution in [-0.4, -0.2) is 17.0 Å². The molecule has 0 aliphatic heterocycles. The second kappa shape index (κ2) is 4.59. The van der Waals surface area contributed by atoms with Crippen LogP contribution in [0, 0.1) is 0 Å². The lowest BCUT2D eigenvalue weighted by molar-refractivity contribution is 0.746. The first-order valence-electron chi connectivity index (χ1n) is 4.75. The molecule has 1 aromatic carbocycles. The van der Waals surface area contributed by atoms with Crippen LogP contribution in [0.15, 0.2) is 35.4 Å². The maximum absolute atomic E-state index is 4.46. The monoisotopic (exact) mass is 278 g/mol. The van der Waals surface area contributed by atoms with Crippen LogP contribution in [-0.2, 0) is 0 Å². The fourth-order valence-electron chi connectivity index (χ4n) is 1.34. The molecule has 0 saturated heterocycles. The van der Waals surface area contributed by atoms with E-state index in [-0.39, 0.29) is 0 Å². The van der Waals surface area contributed by atoms with Crippen LogP contribution < -0.4 is 10.9 Å². The van der Waals surface area contributed by atoms with Gasteiger partial charge in [0.1, 0.15) is 5.69 Å². The van der Waals surface area contributed by atoms with E-state index in [0.29, 0.717) is 5.70 Å². The smallest absolute Gasteiger partial charge is 0.106 e. The second-order valence-corrected chi connectivity index (χ2v) is 4.16. The fraction of sp³-hybridized carbons (Fsp3) is 0.0909. The van der Waals surface area contributed by atoms with Crippen molar-refractivity contribution in [3.8, 4) is 0 Å². The van der Waals surface area contributed by atoms with Crippen molar-refractivity contribution in [3.05, 3.63) is 41.1 Å². The van der Waals surface area contributed by atoms with Crippen molar-refractivity contribution < 1.29 is 0 Å². The van der Waals surface area contributed by atoms with E-state index in [4.69, 9.17) is 0 Å². The first-order chi connectivity index (χ1) is 7.70. The van der Waals surface area contributed by atoms with Crippen LogP contribution in [0.1, 0.15) is 5.69 Å². The fourth-order valence-corrected chi connectivity index (χ4v) is 1.69. The number of aromatic nitrogens is 2. The number of hydrazine groups is 1. The molecule has 0 atom stereocenters.